The van der Waals surface area contributed by atoms with Crippen LogP contribution in [0.15, 0.2) is 0 Å². The molecule has 0 spiro atoms. The van der Waals surface area contributed by atoms with Crippen molar-refractivity contribution in [2.45, 2.75) is 45.4 Å². The Morgan fingerprint density at radius 1 is 1.07 bits per heavy atom. The zero-order valence-electron chi connectivity index (χ0n) is 9.54. The first-order chi connectivity index (χ1) is 6.86. The maximum Gasteiger partial charge on any atom is 0.00174 e. The van der Waals surface area contributed by atoms with Crippen LogP contribution in [0.2, 0.25) is 0 Å². The first-order valence-corrected chi connectivity index (χ1v) is 6.83. The Labute approximate surface area is 94.7 Å². The molecule has 1 aliphatic heterocycles. The first kappa shape index (κ1) is 12.4. The summed E-state index contributed by atoms with van der Waals surface area (Å²) < 4.78 is 0. The molecule has 84 valence electrons. The minimum Gasteiger partial charge on any atom is -0.303 e. The predicted molar refractivity (Wildman–Crippen MR) is 67.2 cm³/mol. The molecular formula is C12H25NS. The first-order valence-electron chi connectivity index (χ1n) is 6.20. The topological polar surface area (TPSA) is 3.24 Å². The fourth-order valence-corrected chi connectivity index (χ4v) is 2.55. The van der Waals surface area contributed by atoms with Crippen molar-refractivity contribution < 1.29 is 0 Å². The minimum absolute atomic E-state index is 0.803. The molecule has 1 atom stereocenters. The van der Waals surface area contributed by atoms with E-state index in [4.69, 9.17) is 0 Å². The van der Waals surface area contributed by atoms with E-state index in [0.29, 0.717) is 0 Å². The number of rotatable bonds is 4. The summed E-state index contributed by atoms with van der Waals surface area (Å²) in [6.45, 7) is 6.21. The van der Waals surface area contributed by atoms with E-state index >= 15 is 0 Å². The van der Waals surface area contributed by atoms with Gasteiger partial charge in [-0.05, 0) is 37.6 Å². The lowest BCUT2D eigenvalue weighted by molar-refractivity contribution is 0.217. The second kappa shape index (κ2) is 7.58. The normalized spacial score (nSPS) is 22.7. The second-order valence-electron chi connectivity index (χ2n) is 4.53. The molecule has 0 saturated carbocycles. The summed E-state index contributed by atoms with van der Waals surface area (Å²) in [6.07, 6.45) is 8.42. The quantitative estimate of drug-likeness (QED) is 0.705. The van der Waals surface area contributed by atoms with Crippen LogP contribution >= 0.6 is 12.6 Å². The SMILES string of the molecule is CCC(CS)CN1CCCCCCC1. The lowest BCUT2D eigenvalue weighted by Crippen LogP contribution is -2.32. The molecule has 1 aliphatic rings. The monoisotopic (exact) mass is 215 g/mol. The van der Waals surface area contributed by atoms with Crippen molar-refractivity contribution >= 4 is 12.6 Å². The van der Waals surface area contributed by atoms with Gasteiger partial charge >= 0.3 is 0 Å². The summed E-state index contributed by atoms with van der Waals surface area (Å²) in [5.41, 5.74) is 0. The summed E-state index contributed by atoms with van der Waals surface area (Å²) in [5, 5.41) is 0. The van der Waals surface area contributed by atoms with Crippen LogP contribution in [0, 0.1) is 5.92 Å². The van der Waals surface area contributed by atoms with Crippen LogP contribution in [0.5, 0.6) is 0 Å². The lowest BCUT2D eigenvalue weighted by atomic mass is 10.1. The summed E-state index contributed by atoms with van der Waals surface area (Å²) in [7, 11) is 0. The highest BCUT2D eigenvalue weighted by atomic mass is 32.1. The molecule has 1 fully saturated rings. The highest BCUT2D eigenvalue weighted by Gasteiger charge is 2.12. The van der Waals surface area contributed by atoms with E-state index in [0.717, 1.165) is 11.7 Å². The number of nitrogens with zero attached hydrogens (tertiary/aromatic N) is 1. The van der Waals surface area contributed by atoms with Crippen LogP contribution in [-0.2, 0) is 0 Å². The fraction of sp³-hybridized carbons (Fsp3) is 1.00. The van der Waals surface area contributed by atoms with Gasteiger partial charge in [-0.15, -0.1) is 0 Å². The Bertz CT molecular complexity index is 126. The molecule has 0 aromatic rings. The van der Waals surface area contributed by atoms with E-state index in [1.54, 1.807) is 0 Å². The smallest absolute Gasteiger partial charge is 0.00174 e. The van der Waals surface area contributed by atoms with E-state index in [1.807, 2.05) is 0 Å². The molecule has 0 N–H and O–H groups in total. The molecule has 0 amide bonds. The van der Waals surface area contributed by atoms with Crippen molar-refractivity contribution in [1.82, 2.24) is 4.90 Å². The number of likely N-dealkylation sites (tertiary alicyclic amines) is 1. The second-order valence-corrected chi connectivity index (χ2v) is 4.89. The maximum atomic E-state index is 4.42. The molecule has 2 heteroatoms. The van der Waals surface area contributed by atoms with Crippen molar-refractivity contribution in [2.75, 3.05) is 25.4 Å². The van der Waals surface area contributed by atoms with Gasteiger partial charge < -0.3 is 4.90 Å². The Morgan fingerprint density at radius 3 is 2.14 bits per heavy atom. The molecule has 1 heterocycles. The molecule has 0 radical (unpaired) electrons. The number of hydrogen-bond acceptors (Lipinski definition) is 2. The summed E-state index contributed by atoms with van der Waals surface area (Å²) in [5.74, 6) is 1.85. The van der Waals surface area contributed by atoms with E-state index < -0.39 is 0 Å². The summed E-state index contributed by atoms with van der Waals surface area (Å²) in [6, 6.07) is 0. The summed E-state index contributed by atoms with van der Waals surface area (Å²) >= 11 is 4.42. The van der Waals surface area contributed by atoms with Crippen LogP contribution < -0.4 is 0 Å². The molecule has 0 aromatic heterocycles. The summed E-state index contributed by atoms with van der Waals surface area (Å²) in [4.78, 5) is 2.66. The van der Waals surface area contributed by atoms with Gasteiger partial charge in [0.2, 0.25) is 0 Å². The van der Waals surface area contributed by atoms with Crippen molar-refractivity contribution in [3.8, 4) is 0 Å². The lowest BCUT2D eigenvalue weighted by Gasteiger charge is -2.27. The standard InChI is InChI=1S/C12H25NS/c1-2-12(11-14)10-13-8-6-4-3-5-7-9-13/h12,14H,2-11H2,1H3. The van der Waals surface area contributed by atoms with Gasteiger partial charge in [0.15, 0.2) is 0 Å². The molecule has 14 heavy (non-hydrogen) atoms. The van der Waals surface area contributed by atoms with Gasteiger partial charge in [0.25, 0.3) is 0 Å². The molecular weight excluding hydrogens is 190 g/mol. The van der Waals surface area contributed by atoms with Crippen molar-refractivity contribution in [2.24, 2.45) is 5.92 Å². The third-order valence-electron chi connectivity index (χ3n) is 3.30. The van der Waals surface area contributed by atoms with Crippen LogP contribution in [0.3, 0.4) is 0 Å². The molecule has 0 aliphatic carbocycles. The Balaban J connectivity index is 2.25. The minimum atomic E-state index is 0.803. The average Bonchev–Trinajstić information content (AvgIpc) is 2.16. The third-order valence-corrected chi connectivity index (χ3v) is 3.82. The van der Waals surface area contributed by atoms with Crippen molar-refractivity contribution in [1.29, 1.82) is 0 Å². The van der Waals surface area contributed by atoms with E-state index in [-0.39, 0.29) is 0 Å². The van der Waals surface area contributed by atoms with Gasteiger partial charge in [-0.1, -0.05) is 32.6 Å². The van der Waals surface area contributed by atoms with Crippen LogP contribution in [0.1, 0.15) is 45.4 Å². The maximum absolute atomic E-state index is 4.42. The molecule has 0 bridgehead atoms. The zero-order valence-corrected chi connectivity index (χ0v) is 10.4. The Kier molecular flexibility index (Phi) is 6.70. The van der Waals surface area contributed by atoms with Crippen LogP contribution in [0.4, 0.5) is 0 Å². The Hall–Kier alpha value is 0.310. The molecule has 1 nitrogen and oxygen atoms in total. The van der Waals surface area contributed by atoms with E-state index in [1.165, 1.54) is 58.2 Å². The van der Waals surface area contributed by atoms with Gasteiger partial charge in [-0.25, -0.2) is 0 Å². The Morgan fingerprint density at radius 2 is 1.64 bits per heavy atom. The van der Waals surface area contributed by atoms with Gasteiger partial charge in [0.05, 0.1) is 0 Å². The third kappa shape index (κ3) is 4.70. The molecule has 1 unspecified atom stereocenters. The van der Waals surface area contributed by atoms with Crippen LogP contribution in [-0.4, -0.2) is 30.3 Å². The molecule has 1 saturated heterocycles. The highest BCUT2D eigenvalue weighted by Crippen LogP contribution is 2.13. The number of hydrogen-bond donors (Lipinski definition) is 1. The average molecular weight is 215 g/mol. The van der Waals surface area contributed by atoms with Gasteiger partial charge in [0.1, 0.15) is 0 Å². The van der Waals surface area contributed by atoms with Gasteiger partial charge in [0, 0.05) is 6.54 Å². The van der Waals surface area contributed by atoms with Crippen molar-refractivity contribution in [3.05, 3.63) is 0 Å². The highest BCUT2D eigenvalue weighted by molar-refractivity contribution is 7.80. The van der Waals surface area contributed by atoms with Gasteiger partial charge in [-0.3, -0.25) is 0 Å². The van der Waals surface area contributed by atoms with E-state index in [9.17, 15) is 0 Å². The molecule has 0 aromatic carbocycles. The van der Waals surface area contributed by atoms with Crippen LogP contribution in [0.25, 0.3) is 0 Å². The van der Waals surface area contributed by atoms with E-state index in [2.05, 4.69) is 24.5 Å². The van der Waals surface area contributed by atoms with Gasteiger partial charge in [-0.2, -0.15) is 12.6 Å². The number of thiol groups is 1. The fourth-order valence-electron chi connectivity index (χ4n) is 2.18. The predicted octanol–water partition coefficient (Wildman–Crippen LogP) is 3.21. The molecule has 1 rings (SSSR count). The van der Waals surface area contributed by atoms with Crippen molar-refractivity contribution in [3.63, 3.8) is 0 Å². The zero-order chi connectivity index (χ0) is 10.2. The largest absolute Gasteiger partial charge is 0.303 e.